The van der Waals surface area contributed by atoms with Crippen molar-refractivity contribution >= 4 is 33.4 Å². The summed E-state index contributed by atoms with van der Waals surface area (Å²) in [7, 11) is 0. The van der Waals surface area contributed by atoms with Crippen molar-refractivity contribution in [3.63, 3.8) is 0 Å². The Hall–Kier alpha value is -6.36. The van der Waals surface area contributed by atoms with E-state index in [1.807, 2.05) is 6.07 Å². The summed E-state index contributed by atoms with van der Waals surface area (Å²) in [4.78, 5) is 14.4. The van der Waals surface area contributed by atoms with Crippen molar-refractivity contribution in [3.8, 4) is 50.7 Å². The molecule has 51 heavy (non-hydrogen) atoms. The van der Waals surface area contributed by atoms with Crippen molar-refractivity contribution in [2.75, 3.05) is 0 Å². The van der Waals surface area contributed by atoms with E-state index in [0.29, 0.717) is 11.6 Å². The van der Waals surface area contributed by atoms with Gasteiger partial charge in [-0.15, -0.1) is 0 Å². The summed E-state index contributed by atoms with van der Waals surface area (Å²) < 4.78 is 2.30. The third-order valence-electron chi connectivity index (χ3n) is 10.8. The summed E-state index contributed by atoms with van der Waals surface area (Å²) in [6, 6.07) is 58.5. The summed E-state index contributed by atoms with van der Waals surface area (Å²) in [6.45, 7) is 0. The van der Waals surface area contributed by atoms with E-state index in [1.54, 1.807) is 0 Å². The van der Waals surface area contributed by atoms with E-state index < -0.39 is 5.41 Å². The minimum atomic E-state index is -0.452. The lowest BCUT2D eigenvalue weighted by atomic mass is 9.70. The van der Waals surface area contributed by atoms with Crippen LogP contribution in [-0.4, -0.2) is 19.5 Å². The van der Waals surface area contributed by atoms with Gasteiger partial charge in [-0.05, 0) is 98.6 Å². The third kappa shape index (κ3) is 3.88. The smallest absolute Gasteiger partial charge is 0.226 e. The zero-order valence-corrected chi connectivity index (χ0v) is 28.0. The number of hydrogen-bond acceptors (Lipinski definition) is 3. The highest BCUT2D eigenvalue weighted by Crippen LogP contribution is 2.62. The van der Waals surface area contributed by atoms with Crippen molar-refractivity contribution < 1.29 is 0 Å². The molecule has 9 aromatic rings. The number of aromatic nitrogens is 4. The number of rotatable bonds is 3. The maximum absolute atomic E-state index is 6.73. The quantitative estimate of drug-likeness (QED) is 0.188. The predicted molar refractivity (Wildman–Crippen MR) is 206 cm³/mol. The molecule has 2 aromatic heterocycles. The number of nitrogens with zero attached hydrogens (tertiary/aromatic N) is 4. The Labute approximate surface area is 299 Å². The lowest BCUT2D eigenvalue weighted by Gasteiger charge is -2.30. The molecule has 7 aromatic carbocycles. The van der Waals surface area contributed by atoms with Crippen LogP contribution in [-0.2, 0) is 5.41 Å². The van der Waals surface area contributed by atoms with Crippen LogP contribution in [0.5, 0.6) is 0 Å². The largest absolute Gasteiger partial charge is 0.309 e. The normalized spacial score (nSPS) is 13.4. The zero-order valence-electron chi connectivity index (χ0n) is 27.3. The SMILES string of the molecule is Clc1nc(-c2ccc3c(c2)C2(c4ccccc4-c4ccccc42)c2ccccc2-3)nc(-c2ccc3c(c2)c2ccccc2n3-c2ccccc2)n1. The number of benzene rings is 7. The first kappa shape index (κ1) is 28.5. The number of fused-ring (bicyclic) bond motifs is 13. The Kier molecular flexibility index (Phi) is 5.90. The van der Waals surface area contributed by atoms with Gasteiger partial charge in [0.1, 0.15) is 0 Å². The van der Waals surface area contributed by atoms with Crippen molar-refractivity contribution in [1.82, 2.24) is 19.5 Å². The fraction of sp³-hybridized carbons (Fsp3) is 0.0217. The predicted octanol–water partition coefficient (Wildman–Crippen LogP) is 11.3. The first-order chi connectivity index (χ1) is 25.2. The maximum Gasteiger partial charge on any atom is 0.226 e. The van der Waals surface area contributed by atoms with E-state index in [1.165, 1.54) is 49.9 Å². The van der Waals surface area contributed by atoms with Gasteiger partial charge in [0, 0.05) is 27.6 Å². The van der Waals surface area contributed by atoms with Crippen molar-refractivity contribution in [1.29, 1.82) is 0 Å². The topological polar surface area (TPSA) is 43.6 Å². The van der Waals surface area contributed by atoms with E-state index in [2.05, 4.69) is 167 Å². The zero-order chi connectivity index (χ0) is 33.7. The highest BCUT2D eigenvalue weighted by atomic mass is 35.5. The Morgan fingerprint density at radius 2 is 0.922 bits per heavy atom. The van der Waals surface area contributed by atoms with Gasteiger partial charge in [-0.25, -0.2) is 4.98 Å². The first-order valence-corrected chi connectivity index (χ1v) is 17.5. The summed E-state index contributed by atoms with van der Waals surface area (Å²) in [5.41, 5.74) is 14.9. The van der Waals surface area contributed by atoms with Gasteiger partial charge in [0.15, 0.2) is 11.6 Å². The minimum Gasteiger partial charge on any atom is -0.309 e. The monoisotopic (exact) mass is 670 g/mol. The lowest BCUT2D eigenvalue weighted by Crippen LogP contribution is -2.25. The molecule has 0 amide bonds. The maximum atomic E-state index is 6.73. The van der Waals surface area contributed by atoms with E-state index in [9.17, 15) is 0 Å². The van der Waals surface area contributed by atoms with Crippen LogP contribution in [0.1, 0.15) is 22.3 Å². The average Bonchev–Trinajstić information content (AvgIpc) is 3.79. The van der Waals surface area contributed by atoms with E-state index in [0.717, 1.165) is 33.2 Å². The molecule has 2 heterocycles. The van der Waals surface area contributed by atoms with Crippen molar-refractivity contribution in [2.45, 2.75) is 5.41 Å². The highest BCUT2D eigenvalue weighted by Gasteiger charge is 2.51. The highest BCUT2D eigenvalue weighted by molar-refractivity contribution is 6.28. The molecule has 5 heteroatoms. The van der Waals surface area contributed by atoms with Gasteiger partial charge < -0.3 is 4.57 Å². The number of para-hydroxylation sites is 2. The molecule has 0 atom stereocenters. The summed E-state index contributed by atoms with van der Waals surface area (Å²) >= 11 is 6.73. The van der Waals surface area contributed by atoms with Crippen LogP contribution in [0.2, 0.25) is 5.28 Å². The standard InChI is InChI=1S/C46H27ClN4/c47-45-49-43(28-23-25-42-36(26-28)35-17-7-11-21-41(35)51(42)30-12-2-1-3-13-30)48-44(50-45)29-22-24-34-33-16-6-10-20-39(33)46(40(34)27-29)37-18-8-4-14-31(37)32-15-5-9-19-38(32)46/h1-27H. The van der Waals surface area contributed by atoms with Gasteiger partial charge in [0.05, 0.1) is 16.4 Å². The second-order valence-corrected chi connectivity index (χ2v) is 13.7. The molecule has 0 bridgehead atoms. The molecule has 11 rings (SSSR count). The second-order valence-electron chi connectivity index (χ2n) is 13.3. The van der Waals surface area contributed by atoms with Gasteiger partial charge >= 0.3 is 0 Å². The summed E-state index contributed by atoms with van der Waals surface area (Å²) in [5.74, 6) is 1.09. The van der Waals surface area contributed by atoms with Crippen LogP contribution in [0.4, 0.5) is 0 Å². The van der Waals surface area contributed by atoms with Crippen LogP contribution in [0.25, 0.3) is 72.5 Å². The van der Waals surface area contributed by atoms with Crippen LogP contribution < -0.4 is 0 Å². The summed E-state index contributed by atoms with van der Waals surface area (Å²) in [5, 5.41) is 2.46. The molecule has 2 aliphatic carbocycles. The third-order valence-corrected chi connectivity index (χ3v) is 11.0. The molecular formula is C46H27ClN4. The van der Waals surface area contributed by atoms with E-state index in [4.69, 9.17) is 21.6 Å². The van der Waals surface area contributed by atoms with Crippen LogP contribution in [0.3, 0.4) is 0 Å². The van der Waals surface area contributed by atoms with Gasteiger partial charge in [-0.3, -0.25) is 0 Å². The fourth-order valence-electron chi connectivity index (χ4n) is 8.81. The van der Waals surface area contributed by atoms with Crippen molar-refractivity contribution in [3.05, 3.63) is 191 Å². The van der Waals surface area contributed by atoms with Crippen LogP contribution in [0.15, 0.2) is 164 Å². The molecule has 2 aliphatic rings. The van der Waals surface area contributed by atoms with Gasteiger partial charge in [0.25, 0.3) is 0 Å². The van der Waals surface area contributed by atoms with E-state index >= 15 is 0 Å². The molecule has 0 N–H and O–H groups in total. The fourth-order valence-corrected chi connectivity index (χ4v) is 8.97. The molecule has 1 spiro atoms. The lowest BCUT2D eigenvalue weighted by molar-refractivity contribution is 0.794. The Morgan fingerprint density at radius 3 is 1.59 bits per heavy atom. The first-order valence-electron chi connectivity index (χ1n) is 17.1. The molecule has 238 valence electrons. The van der Waals surface area contributed by atoms with Crippen LogP contribution >= 0.6 is 11.6 Å². The minimum absolute atomic E-state index is 0.164. The molecule has 0 fully saturated rings. The summed E-state index contributed by atoms with van der Waals surface area (Å²) in [6.07, 6.45) is 0. The van der Waals surface area contributed by atoms with Crippen LogP contribution in [0, 0.1) is 0 Å². The Balaban J connectivity index is 1.10. The van der Waals surface area contributed by atoms with Gasteiger partial charge in [-0.1, -0.05) is 121 Å². The number of hydrogen-bond donors (Lipinski definition) is 0. The Bertz CT molecular complexity index is 2830. The molecule has 0 saturated carbocycles. The molecule has 4 nitrogen and oxygen atoms in total. The molecule has 0 saturated heterocycles. The number of halogens is 1. The molecular weight excluding hydrogens is 644 g/mol. The second kappa shape index (κ2) is 10.6. The molecule has 0 radical (unpaired) electrons. The van der Waals surface area contributed by atoms with Crippen molar-refractivity contribution in [2.24, 2.45) is 0 Å². The molecule has 0 unspecified atom stereocenters. The Morgan fingerprint density at radius 1 is 0.412 bits per heavy atom. The van der Waals surface area contributed by atoms with E-state index in [-0.39, 0.29) is 5.28 Å². The average molecular weight is 671 g/mol. The van der Waals surface area contributed by atoms with Gasteiger partial charge in [-0.2, -0.15) is 9.97 Å². The van der Waals surface area contributed by atoms with Gasteiger partial charge in [0.2, 0.25) is 5.28 Å². The molecule has 0 aliphatic heterocycles.